The lowest BCUT2D eigenvalue weighted by molar-refractivity contribution is 0.240. The molecule has 0 saturated carbocycles. The number of aromatic amines is 1. The first-order valence-electron chi connectivity index (χ1n) is 8.61. The topological polar surface area (TPSA) is 61.9 Å². The monoisotopic (exact) mass is 350 g/mol. The van der Waals surface area contributed by atoms with Crippen molar-refractivity contribution >= 4 is 0 Å². The van der Waals surface area contributed by atoms with Crippen LogP contribution in [0, 0.1) is 12.7 Å². The molecular formula is C20H19FN4O. The number of H-pyrrole nitrogens is 1. The van der Waals surface area contributed by atoms with Crippen LogP contribution in [0.4, 0.5) is 4.39 Å². The van der Waals surface area contributed by atoms with Gasteiger partial charge in [0.2, 0.25) is 0 Å². The number of pyridine rings is 1. The summed E-state index contributed by atoms with van der Waals surface area (Å²) in [6.45, 7) is 3.69. The van der Waals surface area contributed by atoms with E-state index in [1.54, 1.807) is 25.3 Å². The van der Waals surface area contributed by atoms with Crippen molar-refractivity contribution in [3.8, 4) is 11.5 Å². The Balaban J connectivity index is 1.60. The summed E-state index contributed by atoms with van der Waals surface area (Å²) in [5.41, 5.74) is 3.61. The summed E-state index contributed by atoms with van der Waals surface area (Å²) in [4.78, 5) is 26.3. The Morgan fingerprint density at radius 1 is 1.27 bits per heavy atom. The summed E-state index contributed by atoms with van der Waals surface area (Å²) in [6.07, 6.45) is 2.31. The molecule has 0 spiro atoms. The normalized spacial score (nSPS) is 14.2. The van der Waals surface area contributed by atoms with E-state index in [0.717, 1.165) is 23.4 Å². The van der Waals surface area contributed by atoms with Crippen molar-refractivity contribution in [2.45, 2.75) is 26.4 Å². The van der Waals surface area contributed by atoms with Crippen molar-refractivity contribution in [1.29, 1.82) is 0 Å². The minimum absolute atomic E-state index is 0.100. The van der Waals surface area contributed by atoms with Gasteiger partial charge in [0, 0.05) is 31.4 Å². The Morgan fingerprint density at radius 3 is 2.92 bits per heavy atom. The van der Waals surface area contributed by atoms with Gasteiger partial charge in [0.15, 0.2) is 5.82 Å². The molecule has 2 aromatic heterocycles. The van der Waals surface area contributed by atoms with Crippen LogP contribution in [0.5, 0.6) is 0 Å². The fraction of sp³-hybridized carbons (Fsp3) is 0.250. The molecular weight excluding hydrogens is 331 g/mol. The molecule has 1 N–H and O–H groups in total. The van der Waals surface area contributed by atoms with Crippen LogP contribution in [-0.4, -0.2) is 26.4 Å². The molecule has 1 aliphatic heterocycles. The van der Waals surface area contributed by atoms with Gasteiger partial charge >= 0.3 is 0 Å². The molecule has 0 fully saturated rings. The van der Waals surface area contributed by atoms with Gasteiger partial charge in [-0.05, 0) is 42.7 Å². The minimum Gasteiger partial charge on any atom is -0.305 e. The number of aryl methyl sites for hydroxylation is 1. The van der Waals surface area contributed by atoms with Crippen LogP contribution >= 0.6 is 0 Å². The van der Waals surface area contributed by atoms with Crippen LogP contribution in [0.25, 0.3) is 11.5 Å². The second-order valence-corrected chi connectivity index (χ2v) is 6.60. The second-order valence-electron chi connectivity index (χ2n) is 6.60. The van der Waals surface area contributed by atoms with Gasteiger partial charge in [0.05, 0.1) is 5.69 Å². The molecule has 1 aromatic carbocycles. The van der Waals surface area contributed by atoms with E-state index >= 15 is 0 Å². The number of fused-ring (bicyclic) bond motifs is 1. The zero-order valence-electron chi connectivity index (χ0n) is 14.5. The summed E-state index contributed by atoms with van der Waals surface area (Å²) in [5.74, 6) is 0.296. The fourth-order valence-corrected chi connectivity index (χ4v) is 3.25. The Hall–Kier alpha value is -2.86. The van der Waals surface area contributed by atoms with Crippen LogP contribution in [0.15, 0.2) is 47.4 Å². The summed E-state index contributed by atoms with van der Waals surface area (Å²) in [7, 11) is 0. The molecule has 0 aliphatic carbocycles. The number of rotatable bonds is 3. The predicted octanol–water partition coefficient (Wildman–Crippen LogP) is 2.84. The first kappa shape index (κ1) is 16.6. The maximum atomic E-state index is 13.8. The van der Waals surface area contributed by atoms with E-state index in [2.05, 4.69) is 19.9 Å². The number of nitrogens with zero attached hydrogens (tertiary/aromatic N) is 3. The Kier molecular flexibility index (Phi) is 4.34. The van der Waals surface area contributed by atoms with E-state index in [-0.39, 0.29) is 11.4 Å². The molecule has 6 heteroatoms. The molecule has 5 nitrogen and oxygen atoms in total. The van der Waals surface area contributed by atoms with Crippen molar-refractivity contribution in [2.24, 2.45) is 0 Å². The number of hydrogen-bond donors (Lipinski definition) is 1. The summed E-state index contributed by atoms with van der Waals surface area (Å²) >= 11 is 0. The van der Waals surface area contributed by atoms with E-state index in [1.165, 1.54) is 0 Å². The standard InChI is InChI=1S/C20H19FN4O/c1-13-5-6-14(10-16(13)21)11-25-9-7-15-18(12-25)23-19(24-20(15)26)17-4-2-3-8-22-17/h2-6,8,10H,7,9,11-12H2,1H3,(H,23,24,26). The molecule has 0 amide bonds. The zero-order chi connectivity index (χ0) is 18.1. The van der Waals surface area contributed by atoms with Crippen molar-refractivity contribution in [3.63, 3.8) is 0 Å². The number of aromatic nitrogens is 3. The van der Waals surface area contributed by atoms with Crippen molar-refractivity contribution < 1.29 is 4.39 Å². The molecule has 0 radical (unpaired) electrons. The molecule has 4 rings (SSSR count). The SMILES string of the molecule is Cc1ccc(CN2CCc3c(nc(-c4ccccn4)[nH]c3=O)C2)cc1F. The Morgan fingerprint density at radius 2 is 2.15 bits per heavy atom. The molecule has 0 saturated heterocycles. The van der Waals surface area contributed by atoms with Crippen LogP contribution < -0.4 is 5.56 Å². The quantitative estimate of drug-likeness (QED) is 0.789. The lowest BCUT2D eigenvalue weighted by Gasteiger charge is -2.27. The van der Waals surface area contributed by atoms with E-state index in [1.807, 2.05) is 24.3 Å². The number of halogens is 1. The third-order valence-corrected chi connectivity index (χ3v) is 4.70. The van der Waals surface area contributed by atoms with Crippen LogP contribution in [0.2, 0.25) is 0 Å². The van der Waals surface area contributed by atoms with Crippen LogP contribution in [0.3, 0.4) is 0 Å². The third-order valence-electron chi connectivity index (χ3n) is 4.70. The predicted molar refractivity (Wildman–Crippen MR) is 97.0 cm³/mol. The molecule has 26 heavy (non-hydrogen) atoms. The highest BCUT2D eigenvalue weighted by Crippen LogP contribution is 2.20. The Labute approximate surface area is 150 Å². The van der Waals surface area contributed by atoms with Crippen molar-refractivity contribution in [1.82, 2.24) is 19.9 Å². The number of nitrogens with one attached hydrogen (secondary N) is 1. The number of hydrogen-bond acceptors (Lipinski definition) is 4. The van der Waals surface area contributed by atoms with Gasteiger partial charge in [-0.3, -0.25) is 14.7 Å². The van der Waals surface area contributed by atoms with E-state index < -0.39 is 0 Å². The van der Waals surface area contributed by atoms with E-state index in [0.29, 0.717) is 36.6 Å². The maximum absolute atomic E-state index is 13.8. The first-order chi connectivity index (χ1) is 12.6. The van der Waals surface area contributed by atoms with Gasteiger partial charge in [-0.2, -0.15) is 0 Å². The van der Waals surface area contributed by atoms with Gasteiger partial charge in [0.1, 0.15) is 11.5 Å². The third kappa shape index (κ3) is 3.28. The second kappa shape index (κ2) is 6.80. The number of benzene rings is 1. The molecule has 0 bridgehead atoms. The average Bonchev–Trinajstić information content (AvgIpc) is 2.65. The van der Waals surface area contributed by atoms with Crippen LogP contribution in [0.1, 0.15) is 22.4 Å². The zero-order valence-corrected chi connectivity index (χ0v) is 14.5. The van der Waals surface area contributed by atoms with Gasteiger partial charge < -0.3 is 4.98 Å². The first-order valence-corrected chi connectivity index (χ1v) is 8.61. The largest absolute Gasteiger partial charge is 0.305 e. The highest BCUT2D eigenvalue weighted by atomic mass is 19.1. The van der Waals surface area contributed by atoms with Crippen LogP contribution in [-0.2, 0) is 19.5 Å². The molecule has 0 unspecified atom stereocenters. The molecule has 0 atom stereocenters. The lowest BCUT2D eigenvalue weighted by atomic mass is 10.0. The van der Waals surface area contributed by atoms with Gasteiger partial charge in [0.25, 0.3) is 5.56 Å². The van der Waals surface area contributed by atoms with E-state index in [4.69, 9.17) is 0 Å². The Bertz CT molecular complexity index is 1000. The highest BCUT2D eigenvalue weighted by molar-refractivity contribution is 5.49. The molecule has 3 heterocycles. The van der Waals surface area contributed by atoms with Crippen molar-refractivity contribution in [2.75, 3.05) is 6.54 Å². The lowest BCUT2D eigenvalue weighted by Crippen LogP contribution is -2.35. The molecule has 3 aromatic rings. The summed E-state index contributed by atoms with van der Waals surface area (Å²) < 4.78 is 13.8. The average molecular weight is 350 g/mol. The van der Waals surface area contributed by atoms with Gasteiger partial charge in [-0.15, -0.1) is 0 Å². The summed E-state index contributed by atoms with van der Waals surface area (Å²) in [5, 5.41) is 0. The van der Waals surface area contributed by atoms with E-state index in [9.17, 15) is 9.18 Å². The highest BCUT2D eigenvalue weighted by Gasteiger charge is 2.21. The van der Waals surface area contributed by atoms with Gasteiger partial charge in [-0.1, -0.05) is 18.2 Å². The van der Waals surface area contributed by atoms with Gasteiger partial charge in [-0.25, -0.2) is 9.37 Å². The minimum atomic E-state index is -0.188. The summed E-state index contributed by atoms with van der Waals surface area (Å²) in [6, 6.07) is 10.8. The smallest absolute Gasteiger partial charge is 0.254 e. The van der Waals surface area contributed by atoms with Crippen molar-refractivity contribution in [3.05, 3.63) is 81.2 Å². The molecule has 132 valence electrons. The fourth-order valence-electron chi connectivity index (χ4n) is 3.25. The molecule has 1 aliphatic rings. The maximum Gasteiger partial charge on any atom is 0.254 e.